The van der Waals surface area contributed by atoms with Crippen molar-refractivity contribution in [2.45, 2.75) is 0 Å². The van der Waals surface area contributed by atoms with Crippen LogP contribution in [0.4, 0.5) is 15.9 Å². The third-order valence-electron chi connectivity index (χ3n) is 2.57. The Morgan fingerprint density at radius 1 is 1.28 bits per heavy atom. The number of pyridine rings is 1. The molecule has 5 heteroatoms. The van der Waals surface area contributed by atoms with E-state index in [0.717, 1.165) is 11.4 Å². The largest absolute Gasteiger partial charge is 0.497 e. The number of hydrogen-bond acceptors (Lipinski definition) is 3. The van der Waals surface area contributed by atoms with Crippen molar-refractivity contribution in [3.8, 4) is 5.75 Å². The smallest absolute Gasteiger partial charge is 0.169 e. The zero-order valence-corrected chi connectivity index (χ0v) is 11.6. The molecule has 0 atom stereocenters. The third-order valence-corrected chi connectivity index (χ3v) is 3.00. The first kappa shape index (κ1) is 12.8. The van der Waals surface area contributed by atoms with Crippen LogP contribution in [0, 0.1) is 5.82 Å². The molecule has 2 rings (SSSR count). The Morgan fingerprint density at radius 2 is 1.94 bits per heavy atom. The number of anilines is 2. The quantitative estimate of drug-likeness (QED) is 0.863. The number of hydrogen-bond donors (Lipinski definition) is 0. The Kier molecular flexibility index (Phi) is 3.81. The number of nitrogens with zero attached hydrogens (tertiary/aromatic N) is 2. The highest BCUT2D eigenvalue weighted by molar-refractivity contribution is 9.10. The molecule has 0 aliphatic carbocycles. The first-order valence-corrected chi connectivity index (χ1v) is 6.10. The molecule has 94 valence electrons. The topological polar surface area (TPSA) is 25.4 Å². The Morgan fingerprint density at radius 3 is 2.50 bits per heavy atom. The lowest BCUT2D eigenvalue weighted by atomic mass is 10.2. The number of methoxy groups -OCH3 is 1. The van der Waals surface area contributed by atoms with Crippen molar-refractivity contribution in [1.29, 1.82) is 0 Å². The van der Waals surface area contributed by atoms with Crippen LogP contribution in [0.5, 0.6) is 5.75 Å². The second kappa shape index (κ2) is 5.35. The second-order valence-electron chi connectivity index (χ2n) is 3.72. The molecule has 2 aromatic rings. The predicted octanol–water partition coefficient (Wildman–Crippen LogP) is 3.76. The molecule has 0 aliphatic rings. The summed E-state index contributed by atoms with van der Waals surface area (Å²) in [5, 5.41) is 0. The molecule has 1 heterocycles. The van der Waals surface area contributed by atoms with Gasteiger partial charge >= 0.3 is 0 Å². The van der Waals surface area contributed by atoms with E-state index in [2.05, 4.69) is 20.9 Å². The van der Waals surface area contributed by atoms with E-state index in [-0.39, 0.29) is 11.6 Å². The van der Waals surface area contributed by atoms with Gasteiger partial charge in [-0.25, -0.2) is 9.37 Å². The SMILES string of the molecule is COc1ccc(N(C)c2ncc(Br)cc2F)cc1. The highest BCUT2D eigenvalue weighted by Gasteiger charge is 2.11. The molecule has 0 unspecified atom stereocenters. The van der Waals surface area contributed by atoms with E-state index in [4.69, 9.17) is 4.74 Å². The summed E-state index contributed by atoms with van der Waals surface area (Å²) in [6.45, 7) is 0. The minimum atomic E-state index is -0.373. The van der Waals surface area contributed by atoms with Gasteiger partial charge in [0.25, 0.3) is 0 Å². The van der Waals surface area contributed by atoms with Crippen molar-refractivity contribution in [3.63, 3.8) is 0 Å². The molecule has 3 nitrogen and oxygen atoms in total. The molecule has 0 spiro atoms. The molecule has 0 bridgehead atoms. The standard InChI is InChI=1S/C13H12BrFN2O/c1-17(10-3-5-11(18-2)6-4-10)13-12(15)7-9(14)8-16-13/h3-8H,1-2H3. The molecular formula is C13H12BrFN2O. The van der Waals surface area contributed by atoms with Gasteiger partial charge in [-0.05, 0) is 46.3 Å². The van der Waals surface area contributed by atoms with Crippen LogP contribution >= 0.6 is 15.9 Å². The summed E-state index contributed by atoms with van der Waals surface area (Å²) in [5.74, 6) is 0.669. The Bertz CT molecular complexity index is 545. The molecule has 1 aromatic carbocycles. The molecule has 0 amide bonds. The van der Waals surface area contributed by atoms with Gasteiger partial charge in [-0.15, -0.1) is 0 Å². The Hall–Kier alpha value is -1.62. The second-order valence-corrected chi connectivity index (χ2v) is 4.63. The number of halogens is 2. The zero-order chi connectivity index (χ0) is 13.1. The van der Waals surface area contributed by atoms with E-state index in [1.165, 1.54) is 6.07 Å². The van der Waals surface area contributed by atoms with Crippen molar-refractivity contribution in [2.24, 2.45) is 0 Å². The van der Waals surface area contributed by atoms with Crippen LogP contribution < -0.4 is 9.64 Å². The van der Waals surface area contributed by atoms with Gasteiger partial charge in [0.05, 0.1) is 7.11 Å². The van der Waals surface area contributed by atoms with Crippen molar-refractivity contribution < 1.29 is 9.13 Å². The van der Waals surface area contributed by atoms with Gasteiger partial charge in [-0.3, -0.25) is 0 Å². The van der Waals surface area contributed by atoms with E-state index in [0.29, 0.717) is 4.47 Å². The van der Waals surface area contributed by atoms with Crippen LogP contribution in [0.15, 0.2) is 41.0 Å². The number of rotatable bonds is 3. The van der Waals surface area contributed by atoms with Crippen LogP contribution in [0.2, 0.25) is 0 Å². The minimum Gasteiger partial charge on any atom is -0.497 e. The molecule has 0 fully saturated rings. The van der Waals surface area contributed by atoms with Crippen molar-refractivity contribution in [3.05, 3.63) is 46.8 Å². The predicted molar refractivity (Wildman–Crippen MR) is 73.0 cm³/mol. The zero-order valence-electron chi connectivity index (χ0n) is 10.0. The highest BCUT2D eigenvalue weighted by Crippen LogP contribution is 2.27. The summed E-state index contributed by atoms with van der Waals surface area (Å²) in [7, 11) is 3.37. The molecule has 1 aromatic heterocycles. The Balaban J connectivity index is 2.31. The van der Waals surface area contributed by atoms with Gasteiger partial charge in [0.15, 0.2) is 11.6 Å². The van der Waals surface area contributed by atoms with E-state index < -0.39 is 0 Å². The number of aromatic nitrogens is 1. The van der Waals surface area contributed by atoms with Crippen LogP contribution in [0.3, 0.4) is 0 Å². The van der Waals surface area contributed by atoms with Gasteiger partial charge in [-0.2, -0.15) is 0 Å². The van der Waals surface area contributed by atoms with E-state index >= 15 is 0 Å². The van der Waals surface area contributed by atoms with Crippen LogP contribution in [-0.2, 0) is 0 Å². The summed E-state index contributed by atoms with van der Waals surface area (Å²) in [6.07, 6.45) is 1.57. The van der Waals surface area contributed by atoms with E-state index in [9.17, 15) is 4.39 Å². The first-order chi connectivity index (χ1) is 8.61. The average Bonchev–Trinajstić information content (AvgIpc) is 2.38. The highest BCUT2D eigenvalue weighted by atomic mass is 79.9. The molecule has 0 N–H and O–H groups in total. The normalized spacial score (nSPS) is 10.2. The van der Waals surface area contributed by atoms with Gasteiger partial charge < -0.3 is 9.64 Å². The summed E-state index contributed by atoms with van der Waals surface area (Å²) in [5.41, 5.74) is 0.838. The molecule has 0 radical (unpaired) electrons. The fourth-order valence-electron chi connectivity index (χ4n) is 1.58. The maximum Gasteiger partial charge on any atom is 0.169 e. The van der Waals surface area contributed by atoms with Crippen molar-refractivity contribution in [1.82, 2.24) is 4.98 Å². The van der Waals surface area contributed by atoms with E-state index in [1.807, 2.05) is 24.3 Å². The molecule has 0 aliphatic heterocycles. The minimum absolute atomic E-state index is 0.281. The van der Waals surface area contributed by atoms with Crippen molar-refractivity contribution >= 4 is 27.4 Å². The molecule has 0 saturated carbocycles. The lowest BCUT2D eigenvalue weighted by molar-refractivity contribution is 0.415. The van der Waals surface area contributed by atoms with Crippen LogP contribution in [0.25, 0.3) is 0 Å². The number of ether oxygens (including phenoxy) is 1. The van der Waals surface area contributed by atoms with Crippen LogP contribution in [0.1, 0.15) is 0 Å². The fourth-order valence-corrected chi connectivity index (χ4v) is 1.89. The van der Waals surface area contributed by atoms with Gasteiger partial charge in [0.2, 0.25) is 0 Å². The average molecular weight is 311 g/mol. The van der Waals surface area contributed by atoms with Gasteiger partial charge in [0, 0.05) is 23.4 Å². The van der Waals surface area contributed by atoms with E-state index in [1.54, 1.807) is 25.3 Å². The first-order valence-electron chi connectivity index (χ1n) is 5.30. The maximum absolute atomic E-state index is 13.8. The summed E-state index contributed by atoms with van der Waals surface area (Å²) in [6, 6.07) is 8.73. The van der Waals surface area contributed by atoms with Crippen molar-refractivity contribution in [2.75, 3.05) is 19.1 Å². The summed E-state index contributed by atoms with van der Waals surface area (Å²) < 4.78 is 19.5. The fraction of sp³-hybridized carbons (Fsp3) is 0.154. The number of benzene rings is 1. The lowest BCUT2D eigenvalue weighted by Crippen LogP contribution is -2.12. The van der Waals surface area contributed by atoms with Gasteiger partial charge in [-0.1, -0.05) is 0 Å². The molecular weight excluding hydrogens is 299 g/mol. The monoisotopic (exact) mass is 310 g/mol. The Labute approximate surface area is 113 Å². The molecule has 18 heavy (non-hydrogen) atoms. The summed E-state index contributed by atoms with van der Waals surface area (Å²) in [4.78, 5) is 5.75. The lowest BCUT2D eigenvalue weighted by Gasteiger charge is -2.19. The maximum atomic E-state index is 13.8. The van der Waals surface area contributed by atoms with Crippen LogP contribution in [-0.4, -0.2) is 19.1 Å². The summed E-state index contributed by atoms with van der Waals surface area (Å²) >= 11 is 3.18. The molecule has 0 saturated heterocycles. The third kappa shape index (κ3) is 2.61. The van der Waals surface area contributed by atoms with Gasteiger partial charge in [0.1, 0.15) is 5.75 Å².